The molecule has 0 fully saturated rings. The summed E-state index contributed by atoms with van der Waals surface area (Å²) >= 11 is 0. The average Bonchev–Trinajstić information content (AvgIpc) is 1.35. The van der Waals surface area contributed by atoms with Gasteiger partial charge >= 0.3 is 29.6 Å². The molecular formula is C2H3N2NaO2. The maximum atomic E-state index is 9.18. The molecule has 0 saturated heterocycles. The number of nitro groups is 1. The van der Waals surface area contributed by atoms with Gasteiger partial charge in [-0.1, -0.05) is 0 Å². The topological polar surface area (TPSA) is 66.9 Å². The van der Waals surface area contributed by atoms with Gasteiger partial charge in [0, 0.05) is 4.92 Å². The van der Waals surface area contributed by atoms with Gasteiger partial charge in [-0.3, -0.25) is 10.1 Å². The second kappa shape index (κ2) is 5.89. The fourth-order valence-electron chi connectivity index (χ4n) is 0.0577. The molecule has 0 rings (SSSR count). The zero-order chi connectivity index (χ0) is 4.99. The molecule has 4 nitrogen and oxygen atoms in total. The molecule has 0 saturated carbocycles. The van der Waals surface area contributed by atoms with Gasteiger partial charge in [0.1, 0.15) is 6.07 Å². The first-order valence-electron chi connectivity index (χ1n) is 1.26. The van der Waals surface area contributed by atoms with Crippen LogP contribution in [0.3, 0.4) is 0 Å². The van der Waals surface area contributed by atoms with Crippen molar-refractivity contribution in [2.75, 3.05) is 6.54 Å². The minimum absolute atomic E-state index is 0. The van der Waals surface area contributed by atoms with E-state index in [0.717, 1.165) is 0 Å². The van der Waals surface area contributed by atoms with Crippen LogP contribution in [0.5, 0.6) is 0 Å². The van der Waals surface area contributed by atoms with E-state index in [1.54, 1.807) is 0 Å². The van der Waals surface area contributed by atoms with Crippen molar-refractivity contribution in [1.82, 2.24) is 0 Å². The fourth-order valence-corrected chi connectivity index (χ4v) is 0.0577. The van der Waals surface area contributed by atoms with Gasteiger partial charge in [0.15, 0.2) is 0 Å². The Morgan fingerprint density at radius 2 is 2.29 bits per heavy atom. The van der Waals surface area contributed by atoms with E-state index in [1.165, 1.54) is 6.07 Å². The Morgan fingerprint density at radius 3 is 2.29 bits per heavy atom. The van der Waals surface area contributed by atoms with Crippen molar-refractivity contribution in [3.63, 3.8) is 0 Å². The van der Waals surface area contributed by atoms with Gasteiger partial charge in [-0.15, -0.1) is 0 Å². The van der Waals surface area contributed by atoms with E-state index in [-0.39, 0.29) is 29.6 Å². The molecule has 0 aromatic carbocycles. The van der Waals surface area contributed by atoms with Crippen LogP contribution in [0.1, 0.15) is 0 Å². The van der Waals surface area contributed by atoms with Crippen molar-refractivity contribution in [2.45, 2.75) is 0 Å². The standard InChI is InChI=1S/C2H2N2O2.Na.H/c3-1-2-4(5)6;;/h2H2;;. The van der Waals surface area contributed by atoms with Crippen LogP contribution < -0.4 is 0 Å². The summed E-state index contributed by atoms with van der Waals surface area (Å²) in [6.07, 6.45) is 0. The molecule has 0 radical (unpaired) electrons. The van der Waals surface area contributed by atoms with E-state index in [2.05, 4.69) is 0 Å². The van der Waals surface area contributed by atoms with Crippen molar-refractivity contribution in [1.29, 1.82) is 5.26 Å². The Labute approximate surface area is 62.6 Å². The summed E-state index contributed by atoms with van der Waals surface area (Å²) in [6, 6.07) is 1.37. The summed E-state index contributed by atoms with van der Waals surface area (Å²) in [5, 5.41) is 16.7. The molecule has 0 unspecified atom stereocenters. The number of rotatable bonds is 1. The maximum absolute atomic E-state index is 9.18. The Morgan fingerprint density at radius 1 is 1.86 bits per heavy atom. The van der Waals surface area contributed by atoms with E-state index >= 15 is 0 Å². The van der Waals surface area contributed by atoms with Crippen LogP contribution in [0.25, 0.3) is 0 Å². The van der Waals surface area contributed by atoms with E-state index in [4.69, 9.17) is 5.26 Å². The van der Waals surface area contributed by atoms with Crippen LogP contribution in [0.2, 0.25) is 0 Å². The number of hydrogen-bond acceptors (Lipinski definition) is 3. The van der Waals surface area contributed by atoms with Gasteiger partial charge in [-0.2, -0.15) is 5.26 Å². The van der Waals surface area contributed by atoms with Gasteiger partial charge in [0.05, 0.1) is 0 Å². The molecule has 0 aliphatic heterocycles. The molecule has 34 valence electrons. The predicted molar refractivity (Wildman–Crippen MR) is 24.6 cm³/mol. The zero-order valence-corrected chi connectivity index (χ0v) is 2.92. The van der Waals surface area contributed by atoms with Crippen LogP contribution in [0.4, 0.5) is 0 Å². The van der Waals surface area contributed by atoms with E-state index in [9.17, 15) is 10.1 Å². The third-order valence-electron chi connectivity index (χ3n) is 0.200. The molecule has 0 spiro atoms. The third-order valence-corrected chi connectivity index (χ3v) is 0.200. The van der Waals surface area contributed by atoms with E-state index < -0.39 is 11.5 Å². The normalized spacial score (nSPS) is 5.57. The van der Waals surface area contributed by atoms with Crippen LogP contribution in [0.15, 0.2) is 0 Å². The summed E-state index contributed by atoms with van der Waals surface area (Å²) in [5.41, 5.74) is 0. The molecule has 0 aliphatic rings. The first-order valence-corrected chi connectivity index (χ1v) is 1.26. The monoisotopic (exact) mass is 110 g/mol. The van der Waals surface area contributed by atoms with Crippen LogP contribution in [0, 0.1) is 21.4 Å². The van der Waals surface area contributed by atoms with Crippen molar-refractivity contribution in [3.8, 4) is 6.07 Å². The third kappa shape index (κ3) is 10.7. The zero-order valence-electron chi connectivity index (χ0n) is 2.92. The second-order valence-electron chi connectivity index (χ2n) is 0.649. The van der Waals surface area contributed by atoms with Crippen molar-refractivity contribution < 1.29 is 4.92 Å². The molecule has 0 aromatic rings. The summed E-state index contributed by atoms with van der Waals surface area (Å²) in [4.78, 5) is 8.50. The molecule has 7 heavy (non-hydrogen) atoms. The fraction of sp³-hybridized carbons (Fsp3) is 0.500. The number of hydrogen-bond donors (Lipinski definition) is 0. The van der Waals surface area contributed by atoms with E-state index in [1.807, 2.05) is 0 Å². The van der Waals surface area contributed by atoms with Crippen LogP contribution >= 0.6 is 0 Å². The van der Waals surface area contributed by atoms with Crippen molar-refractivity contribution in [3.05, 3.63) is 10.1 Å². The number of nitriles is 1. The first-order chi connectivity index (χ1) is 2.77. The van der Waals surface area contributed by atoms with Crippen LogP contribution in [-0.2, 0) is 0 Å². The summed E-state index contributed by atoms with van der Waals surface area (Å²) in [6.45, 7) is -0.597. The number of nitrogens with zero attached hydrogens (tertiary/aromatic N) is 2. The first kappa shape index (κ1) is 10.00. The van der Waals surface area contributed by atoms with Gasteiger partial charge in [0.2, 0.25) is 0 Å². The van der Waals surface area contributed by atoms with Crippen molar-refractivity contribution >= 4 is 29.6 Å². The molecule has 0 atom stereocenters. The van der Waals surface area contributed by atoms with Gasteiger partial charge in [-0.25, -0.2) is 0 Å². The molecule has 0 aromatic heterocycles. The molecule has 5 heteroatoms. The van der Waals surface area contributed by atoms with Gasteiger partial charge < -0.3 is 0 Å². The van der Waals surface area contributed by atoms with Crippen LogP contribution in [-0.4, -0.2) is 41.0 Å². The molecule has 0 N–H and O–H groups in total. The summed E-state index contributed by atoms with van der Waals surface area (Å²) in [5.74, 6) is 0. The molecular weight excluding hydrogens is 107 g/mol. The Hall–Kier alpha value is -0.110. The summed E-state index contributed by atoms with van der Waals surface area (Å²) < 4.78 is 0. The Bertz CT molecular complexity index is 96.4. The Kier molecular flexibility index (Phi) is 8.41. The van der Waals surface area contributed by atoms with Gasteiger partial charge in [-0.05, 0) is 0 Å². The molecule has 0 amide bonds. The van der Waals surface area contributed by atoms with Crippen molar-refractivity contribution in [2.24, 2.45) is 0 Å². The SMILES string of the molecule is N#CC[N+](=O)[O-].[NaH]. The average molecular weight is 110 g/mol. The molecule has 0 bridgehead atoms. The predicted octanol–water partition coefficient (Wildman–Crippen LogP) is -0.862. The second-order valence-corrected chi connectivity index (χ2v) is 0.649. The molecule has 0 heterocycles. The summed E-state index contributed by atoms with van der Waals surface area (Å²) in [7, 11) is 0. The quantitative estimate of drug-likeness (QED) is 0.191. The minimum atomic E-state index is -0.681. The Balaban J connectivity index is 0. The van der Waals surface area contributed by atoms with Gasteiger partial charge in [0.25, 0.3) is 6.54 Å². The molecule has 0 aliphatic carbocycles. The van der Waals surface area contributed by atoms with E-state index in [0.29, 0.717) is 0 Å².